The Balaban J connectivity index is 2.34. The molecule has 0 aliphatic carbocycles. The summed E-state index contributed by atoms with van der Waals surface area (Å²) >= 11 is 12.1. The van der Waals surface area contributed by atoms with E-state index in [-0.39, 0.29) is 0 Å². The summed E-state index contributed by atoms with van der Waals surface area (Å²) in [5.41, 5.74) is 4.17. The lowest BCUT2D eigenvalue weighted by Crippen LogP contribution is -1.99. The highest BCUT2D eigenvalue weighted by atomic mass is 35.5. The molecule has 2 aromatic carbocycles. The van der Waals surface area contributed by atoms with Crippen LogP contribution < -0.4 is 0 Å². The summed E-state index contributed by atoms with van der Waals surface area (Å²) in [5.74, 6) is 1.18. The van der Waals surface area contributed by atoms with Gasteiger partial charge in [0.1, 0.15) is 5.82 Å². The van der Waals surface area contributed by atoms with Crippen LogP contribution >= 0.6 is 23.2 Å². The molecule has 0 radical (unpaired) electrons. The van der Waals surface area contributed by atoms with Crippen molar-refractivity contribution < 1.29 is 0 Å². The highest BCUT2D eigenvalue weighted by Crippen LogP contribution is 2.25. The van der Waals surface area contributed by atoms with E-state index in [0.29, 0.717) is 10.9 Å². The average molecular weight is 291 g/mol. The maximum atomic E-state index is 6.07. The first-order valence-electron chi connectivity index (χ1n) is 5.99. The Bertz CT molecular complexity index is 747. The summed E-state index contributed by atoms with van der Waals surface area (Å²) in [7, 11) is 0. The Labute approximate surface area is 121 Å². The fourth-order valence-electron chi connectivity index (χ4n) is 2.23. The topological polar surface area (TPSA) is 17.8 Å². The first kappa shape index (κ1) is 12.5. The number of halogens is 2. The number of rotatable bonds is 2. The Kier molecular flexibility index (Phi) is 3.21. The third-order valence-electron chi connectivity index (χ3n) is 3.07. The van der Waals surface area contributed by atoms with Gasteiger partial charge in [-0.2, -0.15) is 0 Å². The zero-order chi connectivity index (χ0) is 13.4. The van der Waals surface area contributed by atoms with E-state index in [1.807, 2.05) is 30.3 Å². The smallest absolute Gasteiger partial charge is 0.129 e. The second-order valence-corrected chi connectivity index (χ2v) is 5.17. The Morgan fingerprint density at radius 2 is 2.00 bits per heavy atom. The van der Waals surface area contributed by atoms with Gasteiger partial charge in [-0.05, 0) is 42.8 Å². The highest BCUT2D eigenvalue weighted by Gasteiger charge is 2.11. The van der Waals surface area contributed by atoms with Gasteiger partial charge in [-0.1, -0.05) is 23.7 Å². The van der Waals surface area contributed by atoms with Gasteiger partial charge in [-0.15, -0.1) is 11.6 Å². The lowest BCUT2D eigenvalue weighted by molar-refractivity contribution is 0.982. The lowest BCUT2D eigenvalue weighted by atomic mass is 10.2. The second kappa shape index (κ2) is 4.87. The number of fused-ring (bicyclic) bond motifs is 1. The van der Waals surface area contributed by atoms with Crippen molar-refractivity contribution in [3.05, 3.63) is 58.9 Å². The largest absolute Gasteiger partial charge is 0.295 e. The summed E-state index contributed by atoms with van der Waals surface area (Å²) in [5, 5.41) is 0.701. The van der Waals surface area contributed by atoms with Crippen molar-refractivity contribution in [1.82, 2.24) is 9.55 Å². The first-order valence-corrected chi connectivity index (χ1v) is 6.90. The lowest BCUT2D eigenvalue weighted by Gasteiger charge is -2.08. The van der Waals surface area contributed by atoms with Crippen LogP contribution in [0, 0.1) is 6.92 Å². The van der Waals surface area contributed by atoms with Gasteiger partial charge in [-0.25, -0.2) is 4.98 Å². The maximum absolute atomic E-state index is 6.07. The molecular formula is C15H12Cl2N2. The maximum Gasteiger partial charge on any atom is 0.129 e. The number of alkyl halides is 1. The summed E-state index contributed by atoms with van der Waals surface area (Å²) in [6, 6.07) is 13.9. The van der Waals surface area contributed by atoms with Crippen molar-refractivity contribution >= 4 is 34.2 Å². The number of nitrogens with zero attached hydrogens (tertiary/aromatic N) is 2. The number of hydrogen-bond donors (Lipinski definition) is 0. The summed E-state index contributed by atoms with van der Waals surface area (Å²) in [4.78, 5) is 4.57. The Hall–Kier alpha value is -1.51. The van der Waals surface area contributed by atoms with Gasteiger partial charge in [0.2, 0.25) is 0 Å². The molecule has 1 aromatic heterocycles. The van der Waals surface area contributed by atoms with E-state index in [0.717, 1.165) is 22.5 Å². The van der Waals surface area contributed by atoms with E-state index in [1.54, 1.807) is 0 Å². The average Bonchev–Trinajstić information content (AvgIpc) is 2.76. The van der Waals surface area contributed by atoms with Crippen molar-refractivity contribution in [3.8, 4) is 5.69 Å². The predicted octanol–water partition coefficient (Wildman–Crippen LogP) is 4.73. The van der Waals surface area contributed by atoms with Crippen LogP contribution in [0.15, 0.2) is 42.5 Å². The summed E-state index contributed by atoms with van der Waals surface area (Å²) < 4.78 is 2.06. The zero-order valence-corrected chi connectivity index (χ0v) is 11.9. The molecule has 0 fully saturated rings. The van der Waals surface area contributed by atoms with Gasteiger partial charge in [-0.3, -0.25) is 4.57 Å². The monoisotopic (exact) mass is 290 g/mol. The molecule has 0 saturated heterocycles. The number of benzene rings is 2. The molecule has 19 heavy (non-hydrogen) atoms. The molecule has 96 valence electrons. The molecular weight excluding hydrogens is 279 g/mol. The third-order valence-corrected chi connectivity index (χ3v) is 3.54. The third kappa shape index (κ3) is 2.22. The van der Waals surface area contributed by atoms with E-state index in [4.69, 9.17) is 23.2 Å². The molecule has 0 amide bonds. The minimum Gasteiger partial charge on any atom is -0.295 e. The van der Waals surface area contributed by atoms with E-state index in [9.17, 15) is 0 Å². The summed E-state index contributed by atoms with van der Waals surface area (Å²) in [6.45, 7) is 2.06. The van der Waals surface area contributed by atoms with Crippen LogP contribution in [0.4, 0.5) is 0 Å². The molecule has 0 unspecified atom stereocenters. The van der Waals surface area contributed by atoms with Gasteiger partial charge in [0, 0.05) is 10.7 Å². The van der Waals surface area contributed by atoms with E-state index >= 15 is 0 Å². The van der Waals surface area contributed by atoms with Crippen LogP contribution in [0.25, 0.3) is 16.7 Å². The Morgan fingerprint density at radius 3 is 2.74 bits per heavy atom. The molecule has 0 bridgehead atoms. The van der Waals surface area contributed by atoms with Crippen LogP contribution in [0.1, 0.15) is 11.4 Å². The van der Waals surface area contributed by atoms with Gasteiger partial charge in [0.15, 0.2) is 0 Å². The molecule has 1 heterocycles. The van der Waals surface area contributed by atoms with Crippen molar-refractivity contribution in [2.24, 2.45) is 0 Å². The molecule has 2 nitrogen and oxygen atoms in total. The minimum atomic E-state index is 0.361. The van der Waals surface area contributed by atoms with Gasteiger partial charge >= 0.3 is 0 Å². The van der Waals surface area contributed by atoms with E-state index in [1.165, 1.54) is 5.56 Å². The molecule has 4 heteroatoms. The second-order valence-electron chi connectivity index (χ2n) is 4.47. The fourth-order valence-corrected chi connectivity index (χ4v) is 2.59. The molecule has 0 aliphatic rings. The van der Waals surface area contributed by atoms with Gasteiger partial charge < -0.3 is 0 Å². The van der Waals surface area contributed by atoms with Crippen LogP contribution in [-0.4, -0.2) is 9.55 Å². The number of imidazole rings is 1. The molecule has 0 aliphatic heterocycles. The molecule has 0 atom stereocenters. The van der Waals surface area contributed by atoms with Crippen molar-refractivity contribution in [3.63, 3.8) is 0 Å². The minimum absolute atomic E-state index is 0.361. The molecule has 3 rings (SSSR count). The first-order chi connectivity index (χ1) is 9.19. The van der Waals surface area contributed by atoms with Crippen LogP contribution in [0.5, 0.6) is 0 Å². The van der Waals surface area contributed by atoms with E-state index < -0.39 is 0 Å². The zero-order valence-electron chi connectivity index (χ0n) is 10.4. The van der Waals surface area contributed by atoms with Gasteiger partial charge in [0.25, 0.3) is 0 Å². The SMILES string of the molecule is Cc1ccc2nc(CCl)n(-c3cccc(Cl)c3)c2c1. The fraction of sp³-hybridized carbons (Fsp3) is 0.133. The van der Waals surface area contributed by atoms with Crippen LogP contribution in [-0.2, 0) is 5.88 Å². The number of aryl methyl sites for hydroxylation is 1. The van der Waals surface area contributed by atoms with Crippen molar-refractivity contribution in [2.75, 3.05) is 0 Å². The number of hydrogen-bond acceptors (Lipinski definition) is 1. The molecule has 3 aromatic rings. The number of aromatic nitrogens is 2. The predicted molar refractivity (Wildman–Crippen MR) is 80.4 cm³/mol. The molecule has 0 saturated carbocycles. The molecule has 0 N–H and O–H groups in total. The van der Waals surface area contributed by atoms with Gasteiger partial charge in [0.05, 0.1) is 16.9 Å². The van der Waals surface area contributed by atoms with E-state index in [2.05, 4.69) is 28.6 Å². The Morgan fingerprint density at radius 1 is 1.16 bits per heavy atom. The highest BCUT2D eigenvalue weighted by molar-refractivity contribution is 6.30. The quantitative estimate of drug-likeness (QED) is 0.624. The summed E-state index contributed by atoms with van der Waals surface area (Å²) in [6.07, 6.45) is 0. The van der Waals surface area contributed by atoms with Crippen LogP contribution in [0.2, 0.25) is 5.02 Å². The standard InChI is InChI=1S/C15H12Cl2N2/c1-10-5-6-13-14(7-10)19(15(9-16)18-13)12-4-2-3-11(17)8-12/h2-8H,9H2,1H3. The molecule has 0 spiro atoms. The van der Waals surface area contributed by atoms with Crippen molar-refractivity contribution in [2.45, 2.75) is 12.8 Å². The van der Waals surface area contributed by atoms with Crippen LogP contribution in [0.3, 0.4) is 0 Å². The van der Waals surface area contributed by atoms with Crippen molar-refractivity contribution in [1.29, 1.82) is 0 Å². The normalized spacial score (nSPS) is 11.1.